The topological polar surface area (TPSA) is 120 Å². The second-order valence-corrected chi connectivity index (χ2v) is 13.1. The van der Waals surface area contributed by atoms with Gasteiger partial charge in [0.15, 0.2) is 0 Å². The SMILES string of the molecule is CCOCc1cc(OC)c(-c2ccc(C[C@H](NC(=O)[C@@H]3CCCN3S(=O)(=O)c3cc(Cl)cc(Cl)c3)C(=O)OC)cc2)c(OC)c1. The van der Waals surface area contributed by atoms with Gasteiger partial charge in [0.05, 0.1) is 38.4 Å². The maximum Gasteiger partial charge on any atom is 0.328 e. The predicted octanol–water partition coefficient (Wildman–Crippen LogP) is 5.27. The van der Waals surface area contributed by atoms with Crippen molar-refractivity contribution in [3.05, 3.63) is 75.8 Å². The third kappa shape index (κ3) is 8.09. The van der Waals surface area contributed by atoms with Crippen molar-refractivity contribution in [2.24, 2.45) is 0 Å². The molecule has 13 heteroatoms. The number of esters is 1. The Morgan fingerprint density at radius 3 is 2.13 bits per heavy atom. The van der Waals surface area contributed by atoms with Gasteiger partial charge in [0.1, 0.15) is 23.6 Å². The van der Waals surface area contributed by atoms with Crippen molar-refractivity contribution in [2.75, 3.05) is 34.5 Å². The van der Waals surface area contributed by atoms with Crippen LogP contribution in [0.25, 0.3) is 11.1 Å². The van der Waals surface area contributed by atoms with Gasteiger partial charge in [-0.05, 0) is 66.8 Å². The first-order chi connectivity index (χ1) is 21.5. The summed E-state index contributed by atoms with van der Waals surface area (Å²) in [5.74, 6) is -0.0206. The molecule has 242 valence electrons. The fourth-order valence-corrected chi connectivity index (χ4v) is 7.69. The first kappa shape index (κ1) is 34.5. The molecule has 3 aromatic carbocycles. The first-order valence-electron chi connectivity index (χ1n) is 14.3. The zero-order valence-electron chi connectivity index (χ0n) is 25.5. The maximum atomic E-state index is 13.4. The third-order valence-electron chi connectivity index (χ3n) is 7.47. The summed E-state index contributed by atoms with van der Waals surface area (Å²) < 4.78 is 49.8. The number of hydrogen-bond acceptors (Lipinski definition) is 8. The van der Waals surface area contributed by atoms with Gasteiger partial charge in [-0.2, -0.15) is 4.31 Å². The van der Waals surface area contributed by atoms with Crippen LogP contribution in [0, 0.1) is 0 Å². The van der Waals surface area contributed by atoms with Gasteiger partial charge in [0.2, 0.25) is 15.9 Å². The molecule has 1 amide bonds. The van der Waals surface area contributed by atoms with Gasteiger partial charge in [0, 0.05) is 29.6 Å². The summed E-state index contributed by atoms with van der Waals surface area (Å²) in [6.45, 7) is 3.06. The first-order valence-corrected chi connectivity index (χ1v) is 16.5. The van der Waals surface area contributed by atoms with E-state index in [1.54, 1.807) is 14.2 Å². The molecule has 1 heterocycles. The highest BCUT2D eigenvalue weighted by Crippen LogP contribution is 2.40. The Morgan fingerprint density at radius 1 is 0.956 bits per heavy atom. The summed E-state index contributed by atoms with van der Waals surface area (Å²) >= 11 is 12.1. The van der Waals surface area contributed by atoms with Gasteiger partial charge in [0.25, 0.3) is 0 Å². The molecule has 0 unspecified atom stereocenters. The molecule has 1 aliphatic rings. The third-order valence-corrected chi connectivity index (χ3v) is 9.79. The average molecular weight is 680 g/mol. The molecule has 1 fully saturated rings. The van der Waals surface area contributed by atoms with E-state index in [1.807, 2.05) is 43.3 Å². The van der Waals surface area contributed by atoms with Crippen molar-refractivity contribution < 1.29 is 37.0 Å². The zero-order valence-corrected chi connectivity index (χ0v) is 27.8. The second kappa shape index (κ2) is 15.3. The number of halogens is 2. The summed E-state index contributed by atoms with van der Waals surface area (Å²) in [5.41, 5.74) is 3.23. The molecule has 0 saturated carbocycles. The lowest BCUT2D eigenvalue weighted by atomic mass is 9.98. The fourth-order valence-electron chi connectivity index (χ4n) is 5.30. The van der Waals surface area contributed by atoms with Crippen LogP contribution in [0.5, 0.6) is 11.5 Å². The lowest BCUT2D eigenvalue weighted by Gasteiger charge is -2.25. The number of benzene rings is 3. The van der Waals surface area contributed by atoms with E-state index < -0.39 is 34.0 Å². The minimum absolute atomic E-state index is 0.110. The molecule has 0 radical (unpaired) electrons. The fraction of sp³-hybridized carbons (Fsp3) is 0.375. The van der Waals surface area contributed by atoms with E-state index in [2.05, 4.69) is 5.32 Å². The summed E-state index contributed by atoms with van der Waals surface area (Å²) in [6.07, 6.45) is 0.869. The van der Waals surface area contributed by atoms with Gasteiger partial charge in [-0.3, -0.25) is 4.79 Å². The Hall–Kier alpha value is -3.35. The summed E-state index contributed by atoms with van der Waals surface area (Å²) in [6, 6.07) is 13.1. The van der Waals surface area contributed by atoms with Crippen molar-refractivity contribution in [2.45, 2.75) is 49.8 Å². The molecule has 1 N–H and O–H groups in total. The molecule has 1 aliphatic heterocycles. The molecule has 3 aromatic rings. The van der Waals surface area contributed by atoms with E-state index in [9.17, 15) is 18.0 Å². The van der Waals surface area contributed by atoms with Gasteiger partial charge in [-0.15, -0.1) is 0 Å². The molecule has 0 spiro atoms. The van der Waals surface area contributed by atoms with Crippen LogP contribution < -0.4 is 14.8 Å². The number of ether oxygens (including phenoxy) is 4. The van der Waals surface area contributed by atoms with Crippen LogP contribution in [-0.2, 0) is 42.1 Å². The minimum atomic E-state index is -4.09. The lowest BCUT2D eigenvalue weighted by molar-refractivity contribution is -0.145. The van der Waals surface area contributed by atoms with Gasteiger partial charge < -0.3 is 24.3 Å². The number of methoxy groups -OCH3 is 3. The Balaban J connectivity index is 1.53. The Labute approximate surface area is 273 Å². The maximum absolute atomic E-state index is 13.4. The van der Waals surface area contributed by atoms with Crippen LogP contribution in [0.1, 0.15) is 30.9 Å². The Bertz CT molecular complexity index is 1590. The molecular weight excluding hydrogens is 643 g/mol. The second-order valence-electron chi connectivity index (χ2n) is 10.4. The van der Waals surface area contributed by atoms with E-state index in [0.717, 1.165) is 26.6 Å². The molecule has 4 rings (SSSR count). The number of nitrogens with zero attached hydrogens (tertiary/aromatic N) is 1. The predicted molar refractivity (Wildman–Crippen MR) is 171 cm³/mol. The number of sulfonamides is 1. The molecule has 0 bridgehead atoms. The van der Waals surface area contributed by atoms with Crippen LogP contribution in [-0.4, -0.2) is 71.2 Å². The van der Waals surface area contributed by atoms with Crippen LogP contribution in [0.3, 0.4) is 0 Å². The number of rotatable bonds is 13. The zero-order chi connectivity index (χ0) is 32.7. The van der Waals surface area contributed by atoms with Crippen LogP contribution in [0.15, 0.2) is 59.5 Å². The number of amides is 1. The smallest absolute Gasteiger partial charge is 0.328 e. The highest BCUT2D eigenvalue weighted by molar-refractivity contribution is 7.89. The van der Waals surface area contributed by atoms with Crippen LogP contribution >= 0.6 is 23.2 Å². The molecule has 0 aromatic heterocycles. The monoisotopic (exact) mass is 678 g/mol. The Morgan fingerprint density at radius 2 is 1.58 bits per heavy atom. The molecule has 10 nitrogen and oxygen atoms in total. The van der Waals surface area contributed by atoms with E-state index in [-0.39, 0.29) is 34.3 Å². The number of carbonyl (C=O) groups excluding carboxylic acids is 2. The van der Waals surface area contributed by atoms with Crippen LogP contribution in [0.4, 0.5) is 0 Å². The molecule has 0 aliphatic carbocycles. The van der Waals surface area contributed by atoms with Crippen molar-refractivity contribution in [3.63, 3.8) is 0 Å². The highest BCUT2D eigenvalue weighted by atomic mass is 35.5. The largest absolute Gasteiger partial charge is 0.496 e. The normalized spacial score (nSPS) is 15.8. The summed E-state index contributed by atoms with van der Waals surface area (Å²) in [5, 5.41) is 3.04. The summed E-state index contributed by atoms with van der Waals surface area (Å²) in [7, 11) is 0.311. The van der Waals surface area contributed by atoms with E-state index in [1.165, 1.54) is 25.3 Å². The average Bonchev–Trinajstić information content (AvgIpc) is 3.54. The summed E-state index contributed by atoms with van der Waals surface area (Å²) in [4.78, 5) is 26.1. The standard InChI is InChI=1S/C32H36Cl2N2O8S/c1-5-44-19-21-14-28(41-2)30(29(15-21)42-3)22-10-8-20(9-11-22)13-26(32(38)43-4)35-31(37)27-7-6-12-36(27)45(39,40)25-17-23(33)16-24(34)18-25/h8-11,14-18,26-27H,5-7,12-13,19H2,1-4H3,(H,35,37)/t26-,27-/m0/s1. The number of carbonyl (C=O) groups is 2. The van der Waals surface area contributed by atoms with Crippen molar-refractivity contribution in [1.29, 1.82) is 0 Å². The quantitative estimate of drug-likeness (QED) is 0.243. The highest BCUT2D eigenvalue weighted by Gasteiger charge is 2.41. The molecule has 1 saturated heterocycles. The van der Waals surface area contributed by atoms with Gasteiger partial charge in [-0.1, -0.05) is 47.5 Å². The molecule has 45 heavy (non-hydrogen) atoms. The van der Waals surface area contributed by atoms with Crippen molar-refractivity contribution >= 4 is 45.1 Å². The van der Waals surface area contributed by atoms with Crippen molar-refractivity contribution in [1.82, 2.24) is 9.62 Å². The van der Waals surface area contributed by atoms with Crippen LogP contribution in [0.2, 0.25) is 10.0 Å². The molecular formula is C32H36Cl2N2O8S. The minimum Gasteiger partial charge on any atom is -0.496 e. The van der Waals surface area contributed by atoms with Gasteiger partial charge >= 0.3 is 5.97 Å². The Kier molecular flexibility index (Phi) is 11.7. The number of nitrogens with one attached hydrogen (secondary N) is 1. The van der Waals surface area contributed by atoms with E-state index in [0.29, 0.717) is 31.1 Å². The van der Waals surface area contributed by atoms with Gasteiger partial charge in [-0.25, -0.2) is 13.2 Å². The lowest BCUT2D eigenvalue weighted by Crippen LogP contribution is -2.51. The van der Waals surface area contributed by atoms with Crippen molar-refractivity contribution in [3.8, 4) is 22.6 Å². The van der Waals surface area contributed by atoms with E-state index >= 15 is 0 Å². The van der Waals surface area contributed by atoms with E-state index in [4.69, 9.17) is 42.1 Å². The molecule has 2 atom stereocenters. The number of hydrogen-bond donors (Lipinski definition) is 1.